The van der Waals surface area contributed by atoms with E-state index in [1.165, 1.54) is 0 Å². The summed E-state index contributed by atoms with van der Waals surface area (Å²) in [6.07, 6.45) is 0.0785. The number of rotatable bonds is 4. The zero-order valence-electron chi connectivity index (χ0n) is 11.2. The van der Waals surface area contributed by atoms with Gasteiger partial charge in [0.2, 0.25) is 0 Å². The summed E-state index contributed by atoms with van der Waals surface area (Å²) in [6.45, 7) is 6.85. The van der Waals surface area contributed by atoms with Crippen molar-refractivity contribution in [2.45, 2.75) is 32.2 Å². The minimum atomic E-state index is -0.135. The Bertz CT molecular complexity index is 437. The Morgan fingerprint density at radius 1 is 1.42 bits per heavy atom. The monoisotopic (exact) mass is 303 g/mol. The average molecular weight is 304 g/mol. The van der Waals surface area contributed by atoms with Gasteiger partial charge in [0.15, 0.2) is 0 Å². The predicted octanol–water partition coefficient (Wildman–Crippen LogP) is 3.28. The molecule has 1 aliphatic heterocycles. The van der Waals surface area contributed by atoms with Gasteiger partial charge in [-0.25, -0.2) is 0 Å². The maximum atomic E-state index is 6.09. The molecule has 1 aliphatic rings. The molecule has 1 unspecified atom stereocenters. The Morgan fingerprint density at radius 2 is 2.21 bits per heavy atom. The van der Waals surface area contributed by atoms with Gasteiger partial charge >= 0.3 is 0 Å². The van der Waals surface area contributed by atoms with Crippen molar-refractivity contribution >= 4 is 23.2 Å². The SMILES string of the molecule is CC1(C)CNCC(COCc2ccc(Cl)cc2Cl)O1. The van der Waals surface area contributed by atoms with Crippen LogP contribution in [0.3, 0.4) is 0 Å². The molecule has 1 N–H and O–H groups in total. The van der Waals surface area contributed by atoms with Gasteiger partial charge < -0.3 is 14.8 Å². The molecule has 1 aromatic rings. The van der Waals surface area contributed by atoms with Crippen molar-refractivity contribution in [3.05, 3.63) is 33.8 Å². The largest absolute Gasteiger partial charge is 0.374 e. The van der Waals surface area contributed by atoms with Gasteiger partial charge in [0.05, 0.1) is 24.9 Å². The van der Waals surface area contributed by atoms with Crippen LogP contribution in [-0.4, -0.2) is 31.4 Å². The minimum Gasteiger partial charge on any atom is -0.374 e. The molecule has 0 radical (unpaired) electrons. The third kappa shape index (κ3) is 4.62. The molecule has 106 valence electrons. The highest BCUT2D eigenvalue weighted by atomic mass is 35.5. The highest BCUT2D eigenvalue weighted by Crippen LogP contribution is 2.22. The molecule has 0 saturated carbocycles. The molecule has 19 heavy (non-hydrogen) atoms. The standard InChI is InChI=1S/C14H19Cl2NO2/c1-14(2)9-17-6-12(19-14)8-18-7-10-3-4-11(15)5-13(10)16/h3-5,12,17H,6-9H2,1-2H3. The Balaban J connectivity index is 1.80. The molecule has 5 heteroatoms. The summed E-state index contributed by atoms with van der Waals surface area (Å²) in [5, 5.41) is 4.61. The zero-order chi connectivity index (χ0) is 13.9. The summed E-state index contributed by atoms with van der Waals surface area (Å²) in [7, 11) is 0. The molecule has 1 heterocycles. The summed E-state index contributed by atoms with van der Waals surface area (Å²) in [6, 6.07) is 5.42. The molecular formula is C14H19Cl2NO2. The summed E-state index contributed by atoms with van der Waals surface area (Å²) >= 11 is 11.9. The van der Waals surface area contributed by atoms with Crippen molar-refractivity contribution in [2.75, 3.05) is 19.7 Å². The van der Waals surface area contributed by atoms with E-state index >= 15 is 0 Å². The fraction of sp³-hybridized carbons (Fsp3) is 0.571. The number of benzene rings is 1. The highest BCUT2D eigenvalue weighted by molar-refractivity contribution is 6.35. The zero-order valence-corrected chi connectivity index (χ0v) is 12.7. The van der Waals surface area contributed by atoms with Crippen LogP contribution in [0.1, 0.15) is 19.4 Å². The lowest BCUT2D eigenvalue weighted by Gasteiger charge is -2.36. The molecular weight excluding hydrogens is 285 g/mol. The number of hydrogen-bond donors (Lipinski definition) is 1. The Kier molecular flexibility index (Phi) is 5.09. The second-order valence-corrected chi connectivity index (χ2v) is 6.22. The first kappa shape index (κ1) is 15.1. The number of hydrogen-bond acceptors (Lipinski definition) is 3. The van der Waals surface area contributed by atoms with E-state index in [9.17, 15) is 0 Å². The molecule has 1 aromatic carbocycles. The molecule has 1 saturated heterocycles. The molecule has 1 atom stereocenters. The quantitative estimate of drug-likeness (QED) is 0.926. The van der Waals surface area contributed by atoms with Gasteiger partial charge in [-0.1, -0.05) is 29.3 Å². The molecule has 0 amide bonds. The van der Waals surface area contributed by atoms with Crippen LogP contribution in [0.2, 0.25) is 10.0 Å². The van der Waals surface area contributed by atoms with Crippen molar-refractivity contribution < 1.29 is 9.47 Å². The third-order valence-electron chi connectivity index (χ3n) is 2.98. The van der Waals surface area contributed by atoms with Crippen molar-refractivity contribution in [3.8, 4) is 0 Å². The molecule has 0 bridgehead atoms. The van der Waals surface area contributed by atoms with Gasteiger partial charge in [-0.05, 0) is 31.5 Å². The van der Waals surface area contributed by atoms with Crippen LogP contribution in [0.25, 0.3) is 0 Å². The Labute approximate surface area is 124 Å². The smallest absolute Gasteiger partial charge is 0.0940 e. The van der Waals surface area contributed by atoms with E-state index in [1.54, 1.807) is 6.07 Å². The number of ether oxygens (including phenoxy) is 2. The fourth-order valence-electron chi connectivity index (χ4n) is 2.10. The van der Waals surface area contributed by atoms with Gasteiger partial charge in [0.1, 0.15) is 0 Å². The van der Waals surface area contributed by atoms with E-state index in [1.807, 2.05) is 12.1 Å². The topological polar surface area (TPSA) is 30.5 Å². The van der Waals surface area contributed by atoms with Crippen LogP contribution in [0, 0.1) is 0 Å². The maximum absolute atomic E-state index is 6.09. The first-order valence-corrected chi connectivity index (χ1v) is 7.12. The van der Waals surface area contributed by atoms with Crippen LogP contribution in [0.5, 0.6) is 0 Å². The molecule has 0 spiro atoms. The van der Waals surface area contributed by atoms with Crippen molar-refractivity contribution in [1.29, 1.82) is 0 Å². The Morgan fingerprint density at radius 3 is 2.89 bits per heavy atom. The summed E-state index contributed by atoms with van der Waals surface area (Å²) in [5.41, 5.74) is 0.804. The van der Waals surface area contributed by atoms with E-state index in [4.69, 9.17) is 32.7 Å². The first-order valence-electron chi connectivity index (χ1n) is 6.36. The lowest BCUT2D eigenvalue weighted by Crippen LogP contribution is -2.51. The van der Waals surface area contributed by atoms with Crippen LogP contribution in [0.4, 0.5) is 0 Å². The predicted molar refractivity (Wildman–Crippen MR) is 77.9 cm³/mol. The minimum absolute atomic E-state index is 0.0785. The first-order chi connectivity index (χ1) is 8.96. The van der Waals surface area contributed by atoms with Gasteiger partial charge in [-0.3, -0.25) is 0 Å². The van der Waals surface area contributed by atoms with Crippen molar-refractivity contribution in [1.82, 2.24) is 5.32 Å². The van der Waals surface area contributed by atoms with E-state index in [2.05, 4.69) is 19.2 Å². The van der Waals surface area contributed by atoms with Gasteiger partial charge in [-0.2, -0.15) is 0 Å². The highest BCUT2D eigenvalue weighted by Gasteiger charge is 2.28. The molecule has 0 aromatic heterocycles. The van der Waals surface area contributed by atoms with Crippen LogP contribution in [-0.2, 0) is 16.1 Å². The van der Waals surface area contributed by atoms with E-state index < -0.39 is 0 Å². The maximum Gasteiger partial charge on any atom is 0.0940 e. The molecule has 1 fully saturated rings. The van der Waals surface area contributed by atoms with E-state index in [0.29, 0.717) is 23.3 Å². The molecule has 0 aliphatic carbocycles. The number of halogens is 2. The Hall–Kier alpha value is -0.320. The second kappa shape index (κ2) is 6.42. The lowest BCUT2D eigenvalue weighted by molar-refractivity contribution is -0.122. The normalized spacial score (nSPS) is 22.4. The van der Waals surface area contributed by atoms with E-state index in [0.717, 1.165) is 18.7 Å². The number of morpholine rings is 1. The summed E-state index contributed by atoms with van der Waals surface area (Å²) in [5.74, 6) is 0. The second-order valence-electron chi connectivity index (χ2n) is 5.38. The van der Waals surface area contributed by atoms with Crippen molar-refractivity contribution in [2.24, 2.45) is 0 Å². The van der Waals surface area contributed by atoms with Crippen LogP contribution in [0.15, 0.2) is 18.2 Å². The lowest BCUT2D eigenvalue weighted by atomic mass is 10.1. The van der Waals surface area contributed by atoms with Crippen LogP contribution < -0.4 is 5.32 Å². The summed E-state index contributed by atoms with van der Waals surface area (Å²) in [4.78, 5) is 0. The fourth-order valence-corrected chi connectivity index (χ4v) is 2.56. The third-order valence-corrected chi connectivity index (χ3v) is 3.57. The van der Waals surface area contributed by atoms with Gasteiger partial charge in [0.25, 0.3) is 0 Å². The van der Waals surface area contributed by atoms with Crippen molar-refractivity contribution in [3.63, 3.8) is 0 Å². The molecule has 3 nitrogen and oxygen atoms in total. The summed E-state index contributed by atoms with van der Waals surface area (Å²) < 4.78 is 11.6. The average Bonchev–Trinajstić information content (AvgIpc) is 2.31. The molecule has 2 rings (SSSR count). The van der Waals surface area contributed by atoms with Gasteiger partial charge in [0, 0.05) is 23.1 Å². The number of nitrogens with one attached hydrogen (secondary N) is 1. The van der Waals surface area contributed by atoms with E-state index in [-0.39, 0.29) is 11.7 Å². The van der Waals surface area contributed by atoms with Crippen LogP contribution >= 0.6 is 23.2 Å². The van der Waals surface area contributed by atoms with Gasteiger partial charge in [-0.15, -0.1) is 0 Å².